The van der Waals surface area contributed by atoms with Crippen LogP contribution < -0.4 is 0 Å². The third-order valence-electron chi connectivity index (χ3n) is 2.80. The van der Waals surface area contributed by atoms with Gasteiger partial charge in [0.25, 0.3) is 0 Å². The van der Waals surface area contributed by atoms with Crippen molar-refractivity contribution in [2.45, 2.75) is 24.4 Å². The van der Waals surface area contributed by atoms with Crippen molar-refractivity contribution < 1.29 is 28.4 Å². The van der Waals surface area contributed by atoms with Gasteiger partial charge >= 0.3 is 0 Å². The SMILES string of the molecule is COCC1OCOC2C(COC)OCOC12. The largest absolute Gasteiger partial charge is 0.382 e. The van der Waals surface area contributed by atoms with E-state index in [2.05, 4.69) is 0 Å². The minimum Gasteiger partial charge on any atom is -0.382 e. The Morgan fingerprint density at radius 2 is 1.25 bits per heavy atom. The second-order valence-electron chi connectivity index (χ2n) is 3.82. The van der Waals surface area contributed by atoms with Gasteiger partial charge in [-0.1, -0.05) is 0 Å². The maximum Gasteiger partial charge on any atom is 0.147 e. The van der Waals surface area contributed by atoms with E-state index in [9.17, 15) is 0 Å². The average Bonchev–Trinajstić information content (AvgIpc) is 2.31. The number of hydrogen-bond donors (Lipinski definition) is 0. The number of methoxy groups -OCH3 is 2. The van der Waals surface area contributed by atoms with Gasteiger partial charge in [-0.2, -0.15) is 0 Å². The third kappa shape index (κ3) is 2.53. The molecule has 0 aromatic carbocycles. The first-order valence-corrected chi connectivity index (χ1v) is 5.31. The molecule has 0 saturated carbocycles. The van der Waals surface area contributed by atoms with E-state index in [0.717, 1.165) is 0 Å². The fourth-order valence-corrected chi connectivity index (χ4v) is 2.04. The summed E-state index contributed by atoms with van der Waals surface area (Å²) in [5.74, 6) is 0. The molecule has 4 unspecified atom stereocenters. The first-order valence-electron chi connectivity index (χ1n) is 5.31. The molecule has 2 saturated heterocycles. The second-order valence-corrected chi connectivity index (χ2v) is 3.82. The Kier molecular flexibility index (Phi) is 4.51. The van der Waals surface area contributed by atoms with E-state index in [0.29, 0.717) is 13.2 Å². The van der Waals surface area contributed by atoms with E-state index in [1.165, 1.54) is 0 Å². The maximum atomic E-state index is 5.52. The van der Waals surface area contributed by atoms with E-state index in [4.69, 9.17) is 28.4 Å². The summed E-state index contributed by atoms with van der Waals surface area (Å²) in [5, 5.41) is 0. The summed E-state index contributed by atoms with van der Waals surface area (Å²) >= 11 is 0. The van der Waals surface area contributed by atoms with Crippen molar-refractivity contribution in [3.8, 4) is 0 Å². The second kappa shape index (κ2) is 5.90. The van der Waals surface area contributed by atoms with Gasteiger partial charge in [-0.15, -0.1) is 0 Å². The summed E-state index contributed by atoms with van der Waals surface area (Å²) in [7, 11) is 3.28. The first kappa shape index (κ1) is 12.2. The van der Waals surface area contributed by atoms with E-state index < -0.39 is 0 Å². The Morgan fingerprint density at radius 1 is 0.812 bits per heavy atom. The van der Waals surface area contributed by atoms with Crippen LogP contribution in [-0.2, 0) is 28.4 Å². The Labute approximate surface area is 94.7 Å². The van der Waals surface area contributed by atoms with Crippen LogP contribution in [0.4, 0.5) is 0 Å². The molecule has 6 nitrogen and oxygen atoms in total. The molecule has 6 heteroatoms. The van der Waals surface area contributed by atoms with Gasteiger partial charge in [0.15, 0.2) is 0 Å². The molecular formula is C10H18O6. The Bertz CT molecular complexity index is 185. The molecule has 4 atom stereocenters. The lowest BCUT2D eigenvalue weighted by Crippen LogP contribution is -2.59. The Balaban J connectivity index is 1.98. The van der Waals surface area contributed by atoms with Gasteiger partial charge < -0.3 is 28.4 Å². The molecule has 0 spiro atoms. The molecule has 2 fully saturated rings. The van der Waals surface area contributed by atoms with Gasteiger partial charge in [-0.05, 0) is 0 Å². The zero-order valence-electron chi connectivity index (χ0n) is 9.59. The lowest BCUT2D eigenvalue weighted by atomic mass is 10.0. The quantitative estimate of drug-likeness (QED) is 0.669. The van der Waals surface area contributed by atoms with Crippen LogP contribution in [0, 0.1) is 0 Å². The number of ether oxygens (including phenoxy) is 6. The lowest BCUT2D eigenvalue weighted by Gasteiger charge is -2.43. The van der Waals surface area contributed by atoms with Gasteiger partial charge in [-0.3, -0.25) is 0 Å². The first-order chi connectivity index (χ1) is 7.86. The predicted octanol–water partition coefficient (Wildman–Crippen LogP) is -0.238. The Hall–Kier alpha value is -0.240. The molecule has 2 aliphatic heterocycles. The summed E-state index contributed by atoms with van der Waals surface area (Å²) in [5.41, 5.74) is 0. The fraction of sp³-hybridized carbons (Fsp3) is 1.00. The monoisotopic (exact) mass is 234 g/mol. The van der Waals surface area contributed by atoms with Crippen LogP contribution in [-0.4, -0.2) is 65.4 Å². The molecule has 0 aliphatic carbocycles. The predicted molar refractivity (Wildman–Crippen MR) is 53.0 cm³/mol. The van der Waals surface area contributed by atoms with Crippen LogP contribution in [0.3, 0.4) is 0 Å². The number of hydrogen-bond acceptors (Lipinski definition) is 6. The molecule has 0 aromatic rings. The average molecular weight is 234 g/mol. The maximum absolute atomic E-state index is 5.52. The van der Waals surface area contributed by atoms with Crippen LogP contribution >= 0.6 is 0 Å². The lowest BCUT2D eigenvalue weighted by molar-refractivity contribution is -0.330. The fourth-order valence-electron chi connectivity index (χ4n) is 2.04. The van der Waals surface area contributed by atoms with Gasteiger partial charge in [0.1, 0.15) is 38.0 Å². The van der Waals surface area contributed by atoms with E-state index in [1.807, 2.05) is 0 Å². The molecule has 2 heterocycles. The summed E-state index contributed by atoms with van der Waals surface area (Å²) in [4.78, 5) is 0. The van der Waals surface area contributed by atoms with Crippen LogP contribution in [0.25, 0.3) is 0 Å². The van der Waals surface area contributed by atoms with Crippen molar-refractivity contribution >= 4 is 0 Å². The van der Waals surface area contributed by atoms with Crippen molar-refractivity contribution in [1.82, 2.24) is 0 Å². The summed E-state index contributed by atoms with van der Waals surface area (Å²) < 4.78 is 32.1. The summed E-state index contributed by atoms with van der Waals surface area (Å²) in [6, 6.07) is 0. The van der Waals surface area contributed by atoms with Gasteiger partial charge in [0.2, 0.25) is 0 Å². The highest BCUT2D eigenvalue weighted by molar-refractivity contribution is 4.89. The Morgan fingerprint density at radius 3 is 1.62 bits per heavy atom. The highest BCUT2D eigenvalue weighted by atomic mass is 16.8. The topological polar surface area (TPSA) is 55.4 Å². The number of fused-ring (bicyclic) bond motifs is 1. The van der Waals surface area contributed by atoms with Crippen molar-refractivity contribution in [3.05, 3.63) is 0 Å². The minimum absolute atomic E-state index is 0.105. The molecule has 2 rings (SSSR count). The van der Waals surface area contributed by atoms with E-state index in [1.54, 1.807) is 14.2 Å². The van der Waals surface area contributed by atoms with Gasteiger partial charge in [0.05, 0.1) is 13.2 Å². The summed E-state index contributed by atoms with van der Waals surface area (Å²) in [6.07, 6.45) is -0.510. The van der Waals surface area contributed by atoms with Crippen molar-refractivity contribution in [2.75, 3.05) is 41.0 Å². The van der Waals surface area contributed by atoms with Crippen LogP contribution in [0.15, 0.2) is 0 Å². The molecule has 0 aromatic heterocycles. The van der Waals surface area contributed by atoms with Crippen molar-refractivity contribution in [2.24, 2.45) is 0 Å². The molecule has 0 amide bonds. The summed E-state index contributed by atoms with van der Waals surface area (Å²) in [6.45, 7) is 1.46. The molecule has 0 bridgehead atoms. The normalized spacial score (nSPS) is 39.4. The van der Waals surface area contributed by atoms with E-state index in [-0.39, 0.29) is 38.0 Å². The highest BCUT2D eigenvalue weighted by Gasteiger charge is 2.44. The molecular weight excluding hydrogens is 216 g/mol. The standard InChI is InChI=1S/C10H18O6/c1-11-3-7-9-10(16-5-13-7)8(4-12-2)14-6-15-9/h7-10H,3-6H2,1-2H3. The molecule has 94 valence electrons. The molecule has 16 heavy (non-hydrogen) atoms. The van der Waals surface area contributed by atoms with Crippen molar-refractivity contribution in [3.63, 3.8) is 0 Å². The zero-order valence-corrected chi connectivity index (χ0v) is 9.59. The third-order valence-corrected chi connectivity index (χ3v) is 2.80. The van der Waals surface area contributed by atoms with Crippen LogP contribution in [0.1, 0.15) is 0 Å². The molecule has 2 aliphatic rings. The van der Waals surface area contributed by atoms with Crippen LogP contribution in [0.5, 0.6) is 0 Å². The van der Waals surface area contributed by atoms with Crippen molar-refractivity contribution in [1.29, 1.82) is 0 Å². The van der Waals surface area contributed by atoms with Crippen LogP contribution in [0.2, 0.25) is 0 Å². The highest BCUT2D eigenvalue weighted by Crippen LogP contribution is 2.26. The molecule has 0 N–H and O–H groups in total. The van der Waals surface area contributed by atoms with Gasteiger partial charge in [0, 0.05) is 14.2 Å². The van der Waals surface area contributed by atoms with Gasteiger partial charge in [-0.25, -0.2) is 0 Å². The smallest absolute Gasteiger partial charge is 0.147 e. The minimum atomic E-state index is -0.150. The van der Waals surface area contributed by atoms with E-state index >= 15 is 0 Å². The number of rotatable bonds is 4. The zero-order chi connectivity index (χ0) is 11.4. The molecule has 0 radical (unpaired) electrons.